The zero-order chi connectivity index (χ0) is 28.6. The van der Waals surface area contributed by atoms with E-state index in [0.717, 1.165) is 16.8 Å². The number of carbonyl (C=O) groups excluding carboxylic acids is 3. The van der Waals surface area contributed by atoms with E-state index in [-0.39, 0.29) is 42.8 Å². The number of ketones is 1. The second kappa shape index (κ2) is 10.5. The first-order valence-electron chi connectivity index (χ1n) is 12.9. The third-order valence-corrected chi connectivity index (χ3v) is 7.45. The van der Waals surface area contributed by atoms with Crippen LogP contribution >= 0.6 is 0 Å². The van der Waals surface area contributed by atoms with Crippen molar-refractivity contribution in [3.8, 4) is 0 Å². The highest BCUT2D eigenvalue weighted by Gasteiger charge is 2.37. The molecule has 0 spiro atoms. The van der Waals surface area contributed by atoms with Crippen LogP contribution in [-0.2, 0) is 21.5 Å². The van der Waals surface area contributed by atoms with Gasteiger partial charge in [0.25, 0.3) is 5.91 Å². The first kappa shape index (κ1) is 27.8. The maximum atomic E-state index is 13.4. The van der Waals surface area contributed by atoms with E-state index in [2.05, 4.69) is 5.32 Å². The first-order valence-corrected chi connectivity index (χ1v) is 12.9. The number of carboxylic acids is 1. The van der Waals surface area contributed by atoms with Crippen LogP contribution in [0.1, 0.15) is 70.5 Å². The van der Waals surface area contributed by atoms with Gasteiger partial charge < -0.3 is 25.1 Å². The van der Waals surface area contributed by atoms with Crippen molar-refractivity contribution in [1.29, 1.82) is 5.41 Å². The largest absolute Gasteiger partial charge is 0.481 e. The van der Waals surface area contributed by atoms with Crippen molar-refractivity contribution < 1.29 is 24.3 Å². The van der Waals surface area contributed by atoms with Crippen molar-refractivity contribution in [2.75, 3.05) is 44.0 Å². The summed E-state index contributed by atoms with van der Waals surface area (Å²) in [6.07, 6.45) is 0.582. The quantitative estimate of drug-likeness (QED) is 0.422. The zero-order valence-electron chi connectivity index (χ0n) is 23.1. The fraction of sp³-hybridized carbons (Fsp3) is 0.414. The average molecular weight is 534 g/mol. The summed E-state index contributed by atoms with van der Waals surface area (Å²) in [4.78, 5) is 54.9. The van der Waals surface area contributed by atoms with Gasteiger partial charge in [-0.2, -0.15) is 0 Å². The molecule has 0 radical (unpaired) electrons. The molecule has 0 fully saturated rings. The average Bonchev–Trinajstić information content (AvgIpc) is 3.17. The molecule has 206 valence electrons. The maximum absolute atomic E-state index is 13.4. The number of anilines is 2. The third-order valence-electron chi connectivity index (χ3n) is 7.45. The van der Waals surface area contributed by atoms with Crippen LogP contribution in [-0.4, -0.2) is 73.6 Å². The lowest BCUT2D eigenvalue weighted by Crippen LogP contribution is -2.42. The number of carboxylic acid groups (broad SMARTS) is 1. The molecule has 0 saturated carbocycles. The molecule has 3 N–H and O–H groups in total. The van der Waals surface area contributed by atoms with E-state index in [9.17, 15) is 19.2 Å². The Balaban J connectivity index is 1.57. The van der Waals surface area contributed by atoms with Gasteiger partial charge in [-0.3, -0.25) is 24.6 Å². The van der Waals surface area contributed by atoms with Crippen LogP contribution in [0.2, 0.25) is 0 Å². The van der Waals surface area contributed by atoms with Crippen molar-refractivity contribution in [1.82, 2.24) is 10.2 Å². The lowest BCUT2D eigenvalue weighted by atomic mass is 9.76. The number of rotatable bonds is 9. The topological polar surface area (TPSA) is 134 Å². The Morgan fingerprint density at radius 3 is 2.51 bits per heavy atom. The summed E-state index contributed by atoms with van der Waals surface area (Å²) < 4.78 is 0. The number of nitrogens with zero attached hydrogens (tertiary/aromatic N) is 3. The van der Waals surface area contributed by atoms with Crippen LogP contribution in [0.25, 0.3) is 0 Å². The summed E-state index contributed by atoms with van der Waals surface area (Å²) in [6, 6.07) is 8.91. The first-order chi connectivity index (χ1) is 18.3. The van der Waals surface area contributed by atoms with Crippen LogP contribution in [0.3, 0.4) is 0 Å². The molecule has 0 aliphatic carbocycles. The summed E-state index contributed by atoms with van der Waals surface area (Å²) in [5.74, 6) is -1.16. The summed E-state index contributed by atoms with van der Waals surface area (Å²) in [7, 11) is 5.28. The Bertz CT molecular complexity index is 1380. The predicted molar refractivity (Wildman–Crippen MR) is 149 cm³/mol. The molecule has 10 nitrogen and oxygen atoms in total. The molecule has 2 aromatic carbocycles. The van der Waals surface area contributed by atoms with Crippen LogP contribution in [0.4, 0.5) is 11.4 Å². The normalized spacial score (nSPS) is 15.6. The van der Waals surface area contributed by atoms with Gasteiger partial charge in [0.05, 0.1) is 12.1 Å². The minimum atomic E-state index is -0.904. The van der Waals surface area contributed by atoms with Crippen molar-refractivity contribution in [2.24, 2.45) is 0 Å². The van der Waals surface area contributed by atoms with Crippen molar-refractivity contribution in [3.05, 3.63) is 58.1 Å². The fourth-order valence-corrected chi connectivity index (χ4v) is 5.35. The molecule has 39 heavy (non-hydrogen) atoms. The van der Waals surface area contributed by atoms with E-state index < -0.39 is 11.4 Å². The van der Waals surface area contributed by atoms with Crippen LogP contribution < -0.4 is 15.1 Å². The molecule has 0 unspecified atom stereocenters. The number of amidine groups is 1. The van der Waals surface area contributed by atoms with Crippen LogP contribution in [0.5, 0.6) is 0 Å². The molecule has 0 bridgehead atoms. The van der Waals surface area contributed by atoms with E-state index in [1.165, 1.54) is 0 Å². The van der Waals surface area contributed by atoms with E-state index >= 15 is 0 Å². The lowest BCUT2D eigenvalue weighted by Gasteiger charge is -2.39. The van der Waals surface area contributed by atoms with Gasteiger partial charge in [0.15, 0.2) is 5.78 Å². The third kappa shape index (κ3) is 5.36. The molecule has 0 saturated heterocycles. The number of hydrogen-bond acceptors (Lipinski definition) is 6. The molecule has 2 aliphatic rings. The highest BCUT2D eigenvalue weighted by molar-refractivity contribution is 6.09. The summed E-state index contributed by atoms with van der Waals surface area (Å²) >= 11 is 0. The molecule has 2 amide bonds. The molecule has 2 aromatic rings. The maximum Gasteiger partial charge on any atom is 0.303 e. The Labute approximate surface area is 228 Å². The number of fused-ring (bicyclic) bond motifs is 2. The second-order valence-corrected chi connectivity index (χ2v) is 11.0. The molecular weight excluding hydrogens is 498 g/mol. The van der Waals surface area contributed by atoms with Crippen LogP contribution in [0.15, 0.2) is 30.3 Å². The fourth-order valence-electron chi connectivity index (χ4n) is 5.35. The van der Waals surface area contributed by atoms with Gasteiger partial charge in [0.1, 0.15) is 5.84 Å². The second-order valence-electron chi connectivity index (χ2n) is 11.0. The molecule has 2 aliphatic heterocycles. The standard InChI is InChI=1S/C29H35N5O5/c1-29(2)14-25(36)34(10-6-7-26(37)38)22-9-8-17(11-21(22)29)24(35)16-33-15-18-12-23(32(4)5)20(28(39)31-3)13-19(18)27(33)30/h8-9,11-13,30H,6-7,10,14-16H2,1-5H3,(H,31,39)(H,37,38). The summed E-state index contributed by atoms with van der Waals surface area (Å²) in [5, 5.41) is 20.3. The molecule has 0 aromatic heterocycles. The Morgan fingerprint density at radius 1 is 1.15 bits per heavy atom. The van der Waals surface area contributed by atoms with Crippen molar-refractivity contribution in [3.63, 3.8) is 0 Å². The van der Waals surface area contributed by atoms with E-state index in [4.69, 9.17) is 10.5 Å². The smallest absolute Gasteiger partial charge is 0.303 e. The van der Waals surface area contributed by atoms with Gasteiger partial charge in [-0.25, -0.2) is 0 Å². The Morgan fingerprint density at radius 2 is 1.87 bits per heavy atom. The highest BCUT2D eigenvalue weighted by atomic mass is 16.4. The summed E-state index contributed by atoms with van der Waals surface area (Å²) in [6.45, 7) is 4.62. The number of Topliss-reactive ketones (excluding diaryl/α,β-unsaturated/α-hetero) is 1. The van der Waals surface area contributed by atoms with Crippen molar-refractivity contribution >= 4 is 40.8 Å². The molecule has 10 heteroatoms. The van der Waals surface area contributed by atoms with Gasteiger partial charge >= 0.3 is 5.97 Å². The Kier molecular flexibility index (Phi) is 7.50. The minimum absolute atomic E-state index is 0.000585. The van der Waals surface area contributed by atoms with E-state index in [1.807, 2.05) is 45.0 Å². The van der Waals surface area contributed by atoms with Gasteiger partial charge in [0, 0.05) is 75.0 Å². The molecule has 0 atom stereocenters. The number of hydrogen-bond donors (Lipinski definition) is 3. The number of aliphatic carboxylic acids is 1. The minimum Gasteiger partial charge on any atom is -0.481 e. The highest BCUT2D eigenvalue weighted by Crippen LogP contribution is 2.41. The number of carbonyl (C=O) groups is 4. The number of amides is 2. The molecular formula is C29H35N5O5. The van der Waals surface area contributed by atoms with Crippen molar-refractivity contribution in [2.45, 2.75) is 45.1 Å². The van der Waals surface area contributed by atoms with Gasteiger partial charge in [-0.05, 0) is 47.9 Å². The summed E-state index contributed by atoms with van der Waals surface area (Å²) in [5.41, 5.74) is 4.31. The van der Waals surface area contributed by atoms with Gasteiger partial charge in [0.2, 0.25) is 5.91 Å². The van der Waals surface area contributed by atoms with Gasteiger partial charge in [-0.15, -0.1) is 0 Å². The lowest BCUT2D eigenvalue weighted by molar-refractivity contribution is -0.137. The SMILES string of the molecule is CNC(=O)c1cc2c(cc1N(C)C)CN(CC(=O)c1ccc3c(c1)C(C)(C)CC(=O)N3CCCC(=O)O)C2=N. The molecule has 2 heterocycles. The van der Waals surface area contributed by atoms with Crippen LogP contribution in [0, 0.1) is 5.41 Å². The predicted octanol–water partition coefficient (Wildman–Crippen LogP) is 3.02. The zero-order valence-corrected chi connectivity index (χ0v) is 23.1. The van der Waals surface area contributed by atoms with E-state index in [0.29, 0.717) is 41.9 Å². The van der Waals surface area contributed by atoms with Gasteiger partial charge in [-0.1, -0.05) is 13.8 Å². The monoisotopic (exact) mass is 533 g/mol. The molecule has 4 rings (SSSR count). The number of nitrogens with one attached hydrogen (secondary N) is 2. The Hall–Kier alpha value is -4.21. The number of benzene rings is 2. The van der Waals surface area contributed by atoms with E-state index in [1.54, 1.807) is 35.0 Å².